The predicted octanol–water partition coefficient (Wildman–Crippen LogP) is 2.08. The van der Waals surface area contributed by atoms with Gasteiger partial charge in [-0.05, 0) is 39.2 Å². The van der Waals surface area contributed by atoms with Crippen molar-refractivity contribution in [3.05, 3.63) is 17.0 Å². The van der Waals surface area contributed by atoms with Crippen LogP contribution >= 0.6 is 0 Å². The molecular formula is C19H36N6. The molecule has 2 heterocycles. The smallest absolute Gasteiger partial charge is 0.191 e. The van der Waals surface area contributed by atoms with Gasteiger partial charge in [0.25, 0.3) is 0 Å². The first-order chi connectivity index (χ1) is 12.0. The van der Waals surface area contributed by atoms with Gasteiger partial charge in [0, 0.05) is 50.5 Å². The summed E-state index contributed by atoms with van der Waals surface area (Å²) in [7, 11) is 3.89. The lowest BCUT2D eigenvalue weighted by molar-refractivity contribution is 0.149. The van der Waals surface area contributed by atoms with Gasteiger partial charge in [0.1, 0.15) is 0 Å². The summed E-state index contributed by atoms with van der Waals surface area (Å²) in [5.41, 5.74) is 3.82. The van der Waals surface area contributed by atoms with Crippen molar-refractivity contribution in [3.8, 4) is 0 Å². The second-order valence-electron chi connectivity index (χ2n) is 6.97. The number of guanidine groups is 1. The molecule has 6 heteroatoms. The van der Waals surface area contributed by atoms with E-state index in [1.54, 1.807) is 0 Å². The summed E-state index contributed by atoms with van der Waals surface area (Å²) in [6.07, 6.45) is 4.30. The quantitative estimate of drug-likeness (QED) is 0.610. The molecule has 2 rings (SSSR count). The van der Waals surface area contributed by atoms with E-state index in [4.69, 9.17) is 0 Å². The summed E-state index contributed by atoms with van der Waals surface area (Å²) < 4.78 is 2.02. The Morgan fingerprint density at radius 3 is 2.60 bits per heavy atom. The molecule has 0 saturated carbocycles. The van der Waals surface area contributed by atoms with Crippen molar-refractivity contribution in [3.63, 3.8) is 0 Å². The second-order valence-corrected chi connectivity index (χ2v) is 6.97. The molecule has 0 aliphatic carbocycles. The van der Waals surface area contributed by atoms with Crippen LogP contribution in [0.2, 0.25) is 0 Å². The molecule has 1 aromatic heterocycles. The van der Waals surface area contributed by atoms with Gasteiger partial charge in [-0.3, -0.25) is 9.67 Å². The summed E-state index contributed by atoms with van der Waals surface area (Å²) in [4.78, 5) is 6.98. The van der Waals surface area contributed by atoms with Crippen molar-refractivity contribution in [1.29, 1.82) is 0 Å². The normalized spacial score (nSPS) is 22.2. The summed E-state index contributed by atoms with van der Waals surface area (Å²) in [5.74, 6) is 0.898. The first kappa shape index (κ1) is 19.8. The molecule has 1 fully saturated rings. The fourth-order valence-corrected chi connectivity index (χ4v) is 3.98. The Morgan fingerprint density at radius 2 is 2.04 bits per heavy atom. The molecule has 25 heavy (non-hydrogen) atoms. The van der Waals surface area contributed by atoms with Gasteiger partial charge in [-0.15, -0.1) is 0 Å². The van der Waals surface area contributed by atoms with E-state index in [-0.39, 0.29) is 0 Å². The third-order valence-corrected chi connectivity index (χ3v) is 5.44. The lowest BCUT2D eigenvalue weighted by atomic mass is 9.98. The summed E-state index contributed by atoms with van der Waals surface area (Å²) in [6, 6.07) is 1.13. The minimum atomic E-state index is 0.495. The Hall–Kier alpha value is -1.56. The summed E-state index contributed by atoms with van der Waals surface area (Å²) >= 11 is 0. The van der Waals surface area contributed by atoms with Crippen LogP contribution in [-0.2, 0) is 26.4 Å². The molecule has 0 amide bonds. The molecule has 6 nitrogen and oxygen atoms in total. The van der Waals surface area contributed by atoms with Crippen molar-refractivity contribution in [1.82, 2.24) is 25.3 Å². The number of aromatic nitrogens is 2. The minimum absolute atomic E-state index is 0.495. The molecule has 0 unspecified atom stereocenters. The molecule has 0 bridgehead atoms. The number of hydrogen-bond acceptors (Lipinski definition) is 3. The zero-order valence-corrected chi connectivity index (χ0v) is 16.9. The average Bonchev–Trinajstić information content (AvgIpc) is 2.93. The Bertz CT molecular complexity index is 577. The number of aliphatic imine (C=N–C) groups is 1. The maximum Gasteiger partial charge on any atom is 0.191 e. The van der Waals surface area contributed by atoms with Gasteiger partial charge >= 0.3 is 0 Å². The molecule has 0 aromatic carbocycles. The zero-order valence-electron chi connectivity index (χ0n) is 16.9. The van der Waals surface area contributed by atoms with Crippen LogP contribution in [-0.4, -0.2) is 52.9 Å². The molecule has 2 N–H and O–H groups in total. The number of aryl methyl sites for hydroxylation is 2. The van der Waals surface area contributed by atoms with Crippen molar-refractivity contribution in [2.75, 3.05) is 20.1 Å². The topological polar surface area (TPSA) is 57.5 Å². The van der Waals surface area contributed by atoms with Gasteiger partial charge in [-0.25, -0.2) is 0 Å². The van der Waals surface area contributed by atoms with E-state index in [1.165, 1.54) is 29.8 Å². The van der Waals surface area contributed by atoms with Gasteiger partial charge in [-0.2, -0.15) is 5.10 Å². The molecule has 1 saturated heterocycles. The number of rotatable bonds is 6. The van der Waals surface area contributed by atoms with Crippen molar-refractivity contribution in [2.24, 2.45) is 12.0 Å². The Kier molecular flexibility index (Phi) is 7.29. The molecule has 2 atom stereocenters. The predicted molar refractivity (Wildman–Crippen MR) is 105 cm³/mol. The van der Waals surface area contributed by atoms with E-state index in [1.807, 2.05) is 18.8 Å². The third kappa shape index (κ3) is 4.75. The van der Waals surface area contributed by atoms with E-state index in [2.05, 4.69) is 53.3 Å². The molecule has 142 valence electrons. The van der Waals surface area contributed by atoms with Crippen molar-refractivity contribution >= 4 is 5.96 Å². The van der Waals surface area contributed by atoms with Crippen LogP contribution in [0.5, 0.6) is 0 Å². The van der Waals surface area contributed by atoms with Crippen molar-refractivity contribution in [2.45, 2.75) is 72.0 Å². The number of nitrogens with one attached hydrogen (secondary N) is 2. The Labute approximate surface area is 153 Å². The van der Waals surface area contributed by atoms with E-state index < -0.39 is 0 Å². The van der Waals surface area contributed by atoms with Crippen LogP contribution in [0.15, 0.2) is 4.99 Å². The molecular weight excluding hydrogens is 312 g/mol. The summed E-state index contributed by atoms with van der Waals surface area (Å²) in [5, 5.41) is 11.8. The lowest BCUT2D eigenvalue weighted by Crippen LogP contribution is -2.51. The van der Waals surface area contributed by atoms with Gasteiger partial charge in [0.2, 0.25) is 0 Å². The SMILES string of the molecule is CCc1nn(C)c(CC)c1CNC(=NC)N[C@@H]1CCN(CC)[C@@H](C)C1. The van der Waals surface area contributed by atoms with Crippen LogP contribution in [0, 0.1) is 0 Å². The standard InChI is InChI=1S/C19H36N6/c1-7-17-16(18(8-2)24(6)23-17)13-21-19(20-5)22-15-10-11-25(9-3)14(4)12-15/h14-15H,7-13H2,1-6H3,(H2,20,21,22)/t14-,15+/m0/s1. The van der Waals surface area contributed by atoms with Gasteiger partial charge in [0.15, 0.2) is 5.96 Å². The number of nitrogens with zero attached hydrogens (tertiary/aromatic N) is 4. The van der Waals surface area contributed by atoms with Crippen LogP contribution in [0.4, 0.5) is 0 Å². The van der Waals surface area contributed by atoms with Crippen molar-refractivity contribution < 1.29 is 0 Å². The van der Waals surface area contributed by atoms with E-state index in [0.29, 0.717) is 12.1 Å². The van der Waals surface area contributed by atoms with Gasteiger partial charge < -0.3 is 15.5 Å². The van der Waals surface area contributed by atoms with E-state index in [0.717, 1.165) is 38.4 Å². The van der Waals surface area contributed by atoms with E-state index in [9.17, 15) is 0 Å². The molecule has 1 aliphatic rings. The average molecular weight is 349 g/mol. The second kappa shape index (κ2) is 9.22. The highest BCUT2D eigenvalue weighted by Crippen LogP contribution is 2.17. The fourth-order valence-electron chi connectivity index (χ4n) is 3.98. The van der Waals surface area contributed by atoms with Crippen LogP contribution in [0.1, 0.15) is 57.5 Å². The Morgan fingerprint density at radius 1 is 1.28 bits per heavy atom. The largest absolute Gasteiger partial charge is 0.354 e. The first-order valence-electron chi connectivity index (χ1n) is 9.78. The maximum atomic E-state index is 4.66. The molecule has 0 radical (unpaired) electrons. The highest BCUT2D eigenvalue weighted by Gasteiger charge is 2.25. The van der Waals surface area contributed by atoms with Gasteiger partial charge in [-0.1, -0.05) is 20.8 Å². The number of likely N-dealkylation sites (tertiary alicyclic amines) is 1. The highest BCUT2D eigenvalue weighted by atomic mass is 15.3. The Balaban J connectivity index is 1.95. The monoisotopic (exact) mass is 348 g/mol. The zero-order chi connectivity index (χ0) is 18.4. The highest BCUT2D eigenvalue weighted by molar-refractivity contribution is 5.80. The lowest BCUT2D eigenvalue weighted by Gasteiger charge is -2.37. The van der Waals surface area contributed by atoms with Crippen LogP contribution in [0.3, 0.4) is 0 Å². The van der Waals surface area contributed by atoms with Crippen LogP contribution < -0.4 is 10.6 Å². The molecule has 0 spiro atoms. The van der Waals surface area contributed by atoms with Gasteiger partial charge in [0.05, 0.1) is 5.69 Å². The molecule has 1 aromatic rings. The van der Waals surface area contributed by atoms with E-state index >= 15 is 0 Å². The number of piperidine rings is 1. The van der Waals surface area contributed by atoms with Crippen LogP contribution in [0.25, 0.3) is 0 Å². The third-order valence-electron chi connectivity index (χ3n) is 5.44. The minimum Gasteiger partial charge on any atom is -0.354 e. The maximum absolute atomic E-state index is 4.66. The fraction of sp³-hybridized carbons (Fsp3) is 0.789. The molecule has 1 aliphatic heterocycles. The number of hydrogen-bond donors (Lipinski definition) is 2. The first-order valence-corrected chi connectivity index (χ1v) is 9.78. The summed E-state index contributed by atoms with van der Waals surface area (Å²) in [6.45, 7) is 12.0.